The second-order valence-corrected chi connectivity index (χ2v) is 3.10. The SMILES string of the molecule is CC.COc1cc(Cl)c(Cl)c(C)c1F. The van der Waals surface area contributed by atoms with Crippen molar-refractivity contribution in [2.24, 2.45) is 0 Å². The minimum absolute atomic E-state index is 0.113. The van der Waals surface area contributed by atoms with Gasteiger partial charge in [-0.3, -0.25) is 0 Å². The van der Waals surface area contributed by atoms with Gasteiger partial charge in [0.05, 0.1) is 17.2 Å². The van der Waals surface area contributed by atoms with Gasteiger partial charge in [0.2, 0.25) is 0 Å². The van der Waals surface area contributed by atoms with Crippen LogP contribution in [0.3, 0.4) is 0 Å². The van der Waals surface area contributed by atoms with E-state index >= 15 is 0 Å². The van der Waals surface area contributed by atoms with Gasteiger partial charge < -0.3 is 4.74 Å². The summed E-state index contributed by atoms with van der Waals surface area (Å²) in [5.41, 5.74) is 0.306. The number of rotatable bonds is 1. The summed E-state index contributed by atoms with van der Waals surface area (Å²) in [6, 6.07) is 1.35. The molecule has 1 aromatic rings. The highest BCUT2D eigenvalue weighted by atomic mass is 35.5. The van der Waals surface area contributed by atoms with Gasteiger partial charge in [0.1, 0.15) is 0 Å². The van der Waals surface area contributed by atoms with Gasteiger partial charge in [-0.15, -0.1) is 0 Å². The average Bonchev–Trinajstić information content (AvgIpc) is 2.23. The van der Waals surface area contributed by atoms with E-state index in [0.29, 0.717) is 10.6 Å². The lowest BCUT2D eigenvalue weighted by atomic mass is 10.2. The molecule has 0 aliphatic carbocycles. The molecular weight excluding hydrogens is 226 g/mol. The monoisotopic (exact) mass is 238 g/mol. The molecule has 0 saturated heterocycles. The van der Waals surface area contributed by atoms with E-state index in [1.807, 2.05) is 13.8 Å². The van der Waals surface area contributed by atoms with Gasteiger partial charge >= 0.3 is 0 Å². The fourth-order valence-corrected chi connectivity index (χ4v) is 1.23. The van der Waals surface area contributed by atoms with E-state index in [0.717, 1.165) is 0 Å². The lowest BCUT2D eigenvalue weighted by Gasteiger charge is -2.07. The Morgan fingerprint density at radius 3 is 2.21 bits per heavy atom. The molecule has 14 heavy (non-hydrogen) atoms. The second-order valence-electron chi connectivity index (χ2n) is 2.31. The van der Waals surface area contributed by atoms with E-state index in [9.17, 15) is 4.39 Å². The minimum atomic E-state index is -0.466. The van der Waals surface area contributed by atoms with Crippen LogP contribution in [0.15, 0.2) is 6.07 Å². The summed E-state index contributed by atoms with van der Waals surface area (Å²) in [5, 5.41) is 0.530. The van der Waals surface area contributed by atoms with E-state index in [2.05, 4.69) is 0 Å². The van der Waals surface area contributed by atoms with Crippen molar-refractivity contribution in [3.05, 3.63) is 27.5 Å². The first-order chi connectivity index (χ1) is 6.57. The Morgan fingerprint density at radius 2 is 1.79 bits per heavy atom. The summed E-state index contributed by atoms with van der Waals surface area (Å²) >= 11 is 11.4. The number of benzene rings is 1. The Labute approximate surface area is 93.8 Å². The minimum Gasteiger partial charge on any atom is -0.494 e. The van der Waals surface area contributed by atoms with Crippen LogP contribution in [-0.2, 0) is 0 Å². The number of hydrogen-bond acceptors (Lipinski definition) is 1. The fourth-order valence-electron chi connectivity index (χ4n) is 0.851. The molecule has 0 heterocycles. The standard InChI is InChI=1S/C8H7Cl2FO.C2H6/c1-4-7(10)5(9)3-6(12-2)8(4)11;1-2/h3H,1-2H3;1-2H3. The summed E-state index contributed by atoms with van der Waals surface area (Å²) in [7, 11) is 1.38. The quantitative estimate of drug-likeness (QED) is 0.656. The zero-order valence-corrected chi connectivity index (χ0v) is 10.1. The first kappa shape index (κ1) is 13.5. The Hall–Kier alpha value is -0.470. The third-order valence-electron chi connectivity index (χ3n) is 1.56. The molecule has 4 heteroatoms. The van der Waals surface area contributed by atoms with Crippen LogP contribution in [0.5, 0.6) is 5.75 Å². The second kappa shape index (κ2) is 6.10. The molecule has 0 aromatic heterocycles. The van der Waals surface area contributed by atoms with Gasteiger partial charge in [-0.25, -0.2) is 4.39 Å². The Morgan fingerprint density at radius 1 is 1.29 bits per heavy atom. The van der Waals surface area contributed by atoms with Crippen molar-refractivity contribution in [3.63, 3.8) is 0 Å². The first-order valence-electron chi connectivity index (χ1n) is 4.26. The molecule has 1 rings (SSSR count). The van der Waals surface area contributed by atoms with Gasteiger partial charge in [0, 0.05) is 11.6 Å². The van der Waals surface area contributed by atoms with Crippen LogP contribution in [0.25, 0.3) is 0 Å². The molecule has 0 atom stereocenters. The molecule has 0 amide bonds. The summed E-state index contributed by atoms with van der Waals surface area (Å²) < 4.78 is 17.9. The van der Waals surface area contributed by atoms with E-state index in [-0.39, 0.29) is 10.8 Å². The maximum Gasteiger partial charge on any atom is 0.169 e. The van der Waals surface area contributed by atoms with Crippen LogP contribution in [-0.4, -0.2) is 7.11 Å². The largest absolute Gasteiger partial charge is 0.494 e. The lowest BCUT2D eigenvalue weighted by Crippen LogP contribution is -1.92. The first-order valence-corrected chi connectivity index (χ1v) is 5.01. The van der Waals surface area contributed by atoms with Crippen LogP contribution in [0.2, 0.25) is 10.0 Å². The van der Waals surface area contributed by atoms with Crippen molar-refractivity contribution in [3.8, 4) is 5.75 Å². The normalized spacial score (nSPS) is 9.07. The van der Waals surface area contributed by atoms with Gasteiger partial charge in [-0.05, 0) is 6.92 Å². The predicted octanol–water partition coefficient (Wildman–Crippen LogP) is 4.48. The molecule has 1 nitrogen and oxygen atoms in total. The molecule has 0 unspecified atom stereocenters. The Bertz CT molecular complexity index is 313. The summed E-state index contributed by atoms with van der Waals surface area (Å²) in [6.45, 7) is 5.55. The van der Waals surface area contributed by atoms with Gasteiger partial charge in [-0.2, -0.15) is 0 Å². The molecule has 1 aromatic carbocycles. The number of halogens is 3. The molecular formula is C10H13Cl2FO. The number of methoxy groups -OCH3 is 1. The van der Waals surface area contributed by atoms with Crippen molar-refractivity contribution < 1.29 is 9.13 Å². The van der Waals surface area contributed by atoms with Crippen LogP contribution >= 0.6 is 23.2 Å². The molecule has 0 bridgehead atoms. The lowest BCUT2D eigenvalue weighted by molar-refractivity contribution is 0.385. The van der Waals surface area contributed by atoms with Gasteiger partial charge in [0.15, 0.2) is 11.6 Å². The molecule has 0 radical (unpaired) electrons. The predicted molar refractivity (Wildman–Crippen MR) is 59.1 cm³/mol. The van der Waals surface area contributed by atoms with Crippen LogP contribution in [0.4, 0.5) is 4.39 Å². The number of hydrogen-bond donors (Lipinski definition) is 0. The average molecular weight is 239 g/mol. The molecule has 80 valence electrons. The molecule has 0 N–H and O–H groups in total. The van der Waals surface area contributed by atoms with Gasteiger partial charge in [-0.1, -0.05) is 37.0 Å². The third-order valence-corrected chi connectivity index (χ3v) is 2.44. The van der Waals surface area contributed by atoms with E-state index in [1.165, 1.54) is 13.2 Å². The highest BCUT2D eigenvalue weighted by molar-refractivity contribution is 6.42. The third kappa shape index (κ3) is 2.76. The maximum absolute atomic E-state index is 13.2. The summed E-state index contributed by atoms with van der Waals surface area (Å²) in [6.07, 6.45) is 0. The van der Waals surface area contributed by atoms with E-state index < -0.39 is 5.82 Å². The van der Waals surface area contributed by atoms with Crippen LogP contribution in [0.1, 0.15) is 19.4 Å². The van der Waals surface area contributed by atoms with Crippen LogP contribution < -0.4 is 4.74 Å². The summed E-state index contributed by atoms with van der Waals surface area (Å²) in [4.78, 5) is 0. The Kier molecular flexibility index (Phi) is 5.89. The zero-order valence-electron chi connectivity index (χ0n) is 8.62. The van der Waals surface area contributed by atoms with E-state index in [4.69, 9.17) is 27.9 Å². The van der Waals surface area contributed by atoms with Crippen LogP contribution in [0, 0.1) is 12.7 Å². The van der Waals surface area contributed by atoms with Crippen molar-refractivity contribution in [2.45, 2.75) is 20.8 Å². The fraction of sp³-hybridized carbons (Fsp3) is 0.400. The Balaban J connectivity index is 0.000000791. The topological polar surface area (TPSA) is 9.23 Å². The molecule has 0 spiro atoms. The molecule has 0 aliphatic heterocycles. The zero-order chi connectivity index (χ0) is 11.3. The highest BCUT2D eigenvalue weighted by Crippen LogP contribution is 2.33. The maximum atomic E-state index is 13.2. The van der Waals surface area contributed by atoms with Crippen molar-refractivity contribution in [2.75, 3.05) is 7.11 Å². The highest BCUT2D eigenvalue weighted by Gasteiger charge is 2.12. The molecule has 0 aliphatic rings. The van der Waals surface area contributed by atoms with Crippen molar-refractivity contribution >= 4 is 23.2 Å². The molecule has 0 fully saturated rings. The van der Waals surface area contributed by atoms with Gasteiger partial charge in [0.25, 0.3) is 0 Å². The summed E-state index contributed by atoms with van der Waals surface area (Å²) in [5.74, 6) is -0.353. The number of ether oxygens (including phenoxy) is 1. The molecule has 0 saturated carbocycles. The van der Waals surface area contributed by atoms with Crippen molar-refractivity contribution in [1.82, 2.24) is 0 Å². The van der Waals surface area contributed by atoms with E-state index in [1.54, 1.807) is 6.92 Å². The smallest absolute Gasteiger partial charge is 0.169 e. The van der Waals surface area contributed by atoms with Crippen molar-refractivity contribution in [1.29, 1.82) is 0 Å².